The molecule has 1 aromatic carbocycles. The Kier molecular flexibility index (Phi) is 3.20. The third-order valence-corrected chi connectivity index (χ3v) is 4.14. The molecule has 1 unspecified atom stereocenters. The first-order chi connectivity index (χ1) is 9.56. The Morgan fingerprint density at radius 1 is 1.45 bits per heavy atom. The van der Waals surface area contributed by atoms with E-state index in [2.05, 4.69) is 24.1 Å². The molecule has 3 rings (SSSR count). The van der Waals surface area contributed by atoms with E-state index in [0.29, 0.717) is 23.4 Å². The Bertz CT molecular complexity index is 542. The SMILES string of the molecule is CC(C)C1CCCN1c1cc2c(cc1N)OCC(=O)N2. The minimum Gasteiger partial charge on any atom is -0.482 e. The van der Waals surface area contributed by atoms with E-state index >= 15 is 0 Å². The topological polar surface area (TPSA) is 67.6 Å². The zero-order chi connectivity index (χ0) is 14.3. The molecular weight excluding hydrogens is 254 g/mol. The molecule has 0 aliphatic carbocycles. The molecule has 2 aliphatic heterocycles. The number of anilines is 3. The van der Waals surface area contributed by atoms with E-state index in [1.807, 2.05) is 12.1 Å². The zero-order valence-electron chi connectivity index (χ0n) is 12.0. The van der Waals surface area contributed by atoms with Gasteiger partial charge >= 0.3 is 0 Å². The number of nitrogens with two attached hydrogens (primary N) is 1. The van der Waals surface area contributed by atoms with Crippen molar-refractivity contribution in [3.8, 4) is 5.75 Å². The molecule has 2 aliphatic rings. The number of nitrogens with one attached hydrogen (secondary N) is 1. The molecule has 1 fully saturated rings. The minimum absolute atomic E-state index is 0.0596. The average molecular weight is 275 g/mol. The van der Waals surface area contributed by atoms with Crippen LogP contribution in [0.4, 0.5) is 17.1 Å². The molecular formula is C15H21N3O2. The fourth-order valence-corrected chi connectivity index (χ4v) is 3.16. The Balaban J connectivity index is 1.97. The van der Waals surface area contributed by atoms with Crippen molar-refractivity contribution >= 4 is 23.0 Å². The molecule has 0 bridgehead atoms. The van der Waals surface area contributed by atoms with Crippen molar-refractivity contribution in [2.24, 2.45) is 5.92 Å². The van der Waals surface area contributed by atoms with Crippen LogP contribution < -0.4 is 20.7 Å². The van der Waals surface area contributed by atoms with Crippen LogP contribution in [0.15, 0.2) is 12.1 Å². The number of ether oxygens (including phenoxy) is 1. The fraction of sp³-hybridized carbons (Fsp3) is 0.533. The van der Waals surface area contributed by atoms with Gasteiger partial charge in [0.05, 0.1) is 17.1 Å². The van der Waals surface area contributed by atoms with Crippen molar-refractivity contribution < 1.29 is 9.53 Å². The van der Waals surface area contributed by atoms with E-state index in [1.165, 1.54) is 12.8 Å². The van der Waals surface area contributed by atoms with Crippen LogP contribution in [0.25, 0.3) is 0 Å². The van der Waals surface area contributed by atoms with Crippen LogP contribution >= 0.6 is 0 Å². The molecule has 5 nitrogen and oxygen atoms in total. The number of nitrogen functional groups attached to an aromatic ring is 1. The maximum Gasteiger partial charge on any atom is 0.262 e. The first kappa shape index (κ1) is 13.1. The summed E-state index contributed by atoms with van der Waals surface area (Å²) in [6.07, 6.45) is 2.37. The summed E-state index contributed by atoms with van der Waals surface area (Å²) in [6.45, 7) is 5.55. The van der Waals surface area contributed by atoms with Crippen LogP contribution in [0, 0.1) is 5.92 Å². The highest BCUT2D eigenvalue weighted by Gasteiger charge is 2.29. The van der Waals surface area contributed by atoms with Crippen molar-refractivity contribution in [2.45, 2.75) is 32.7 Å². The lowest BCUT2D eigenvalue weighted by molar-refractivity contribution is -0.118. The Labute approximate surface area is 119 Å². The van der Waals surface area contributed by atoms with Crippen molar-refractivity contribution in [1.82, 2.24) is 0 Å². The molecule has 1 saturated heterocycles. The van der Waals surface area contributed by atoms with Gasteiger partial charge < -0.3 is 20.7 Å². The Hall–Kier alpha value is -1.91. The number of carbonyl (C=O) groups excluding carboxylic acids is 1. The smallest absolute Gasteiger partial charge is 0.262 e. The number of amides is 1. The number of rotatable bonds is 2. The quantitative estimate of drug-likeness (QED) is 0.812. The maximum absolute atomic E-state index is 11.4. The van der Waals surface area contributed by atoms with Crippen molar-refractivity contribution in [2.75, 3.05) is 29.1 Å². The second-order valence-electron chi connectivity index (χ2n) is 5.89. The lowest BCUT2D eigenvalue weighted by atomic mass is 10.0. The zero-order valence-corrected chi connectivity index (χ0v) is 12.0. The number of carbonyl (C=O) groups is 1. The van der Waals surface area contributed by atoms with Gasteiger partial charge in [-0.2, -0.15) is 0 Å². The van der Waals surface area contributed by atoms with E-state index in [4.69, 9.17) is 10.5 Å². The lowest BCUT2D eigenvalue weighted by Gasteiger charge is -2.32. The summed E-state index contributed by atoms with van der Waals surface area (Å²) in [5.74, 6) is 1.12. The number of nitrogens with zero attached hydrogens (tertiary/aromatic N) is 1. The summed E-state index contributed by atoms with van der Waals surface area (Å²) in [5, 5.41) is 2.85. The van der Waals surface area contributed by atoms with Gasteiger partial charge in [-0.05, 0) is 24.8 Å². The lowest BCUT2D eigenvalue weighted by Crippen LogP contribution is -2.34. The predicted molar refractivity (Wildman–Crippen MR) is 80.2 cm³/mol. The number of benzene rings is 1. The molecule has 2 heterocycles. The van der Waals surface area contributed by atoms with Gasteiger partial charge in [0.1, 0.15) is 5.75 Å². The van der Waals surface area contributed by atoms with Gasteiger partial charge in [0, 0.05) is 18.7 Å². The van der Waals surface area contributed by atoms with Gasteiger partial charge in [-0.15, -0.1) is 0 Å². The largest absolute Gasteiger partial charge is 0.482 e. The highest BCUT2D eigenvalue weighted by molar-refractivity contribution is 5.97. The van der Waals surface area contributed by atoms with Crippen molar-refractivity contribution in [3.05, 3.63) is 12.1 Å². The molecule has 5 heteroatoms. The van der Waals surface area contributed by atoms with Crippen LogP contribution in [-0.4, -0.2) is 25.1 Å². The summed E-state index contributed by atoms with van der Waals surface area (Å²) in [7, 11) is 0. The molecule has 1 amide bonds. The molecule has 0 spiro atoms. The number of hydrogen-bond acceptors (Lipinski definition) is 4. The van der Waals surface area contributed by atoms with Gasteiger partial charge in [0.2, 0.25) is 0 Å². The molecule has 0 saturated carbocycles. The summed E-state index contributed by atoms with van der Waals surface area (Å²) in [5.41, 5.74) is 8.63. The fourth-order valence-electron chi connectivity index (χ4n) is 3.16. The van der Waals surface area contributed by atoms with Gasteiger partial charge in [-0.3, -0.25) is 4.79 Å². The summed E-state index contributed by atoms with van der Waals surface area (Å²) in [6, 6.07) is 4.28. The molecule has 0 aromatic heterocycles. The van der Waals surface area contributed by atoms with Gasteiger partial charge in [-0.25, -0.2) is 0 Å². The second-order valence-corrected chi connectivity index (χ2v) is 5.89. The van der Waals surface area contributed by atoms with Crippen molar-refractivity contribution in [3.63, 3.8) is 0 Å². The van der Waals surface area contributed by atoms with Crippen LogP contribution in [0.3, 0.4) is 0 Å². The average Bonchev–Trinajstić information content (AvgIpc) is 2.87. The first-order valence-corrected chi connectivity index (χ1v) is 7.19. The number of fused-ring (bicyclic) bond motifs is 1. The third-order valence-electron chi connectivity index (χ3n) is 4.14. The maximum atomic E-state index is 11.4. The van der Waals surface area contributed by atoms with E-state index < -0.39 is 0 Å². The minimum atomic E-state index is -0.116. The van der Waals surface area contributed by atoms with E-state index in [-0.39, 0.29) is 12.5 Å². The van der Waals surface area contributed by atoms with Gasteiger partial charge in [0.25, 0.3) is 5.91 Å². The monoisotopic (exact) mass is 275 g/mol. The second kappa shape index (κ2) is 4.89. The van der Waals surface area contributed by atoms with Gasteiger partial charge in [-0.1, -0.05) is 13.8 Å². The van der Waals surface area contributed by atoms with Crippen LogP contribution in [-0.2, 0) is 4.79 Å². The van der Waals surface area contributed by atoms with E-state index in [0.717, 1.165) is 17.9 Å². The van der Waals surface area contributed by atoms with Crippen LogP contribution in [0.2, 0.25) is 0 Å². The standard InChI is InChI=1S/C15H21N3O2/c1-9(2)12-4-3-5-18(12)13-7-11-14(6-10(13)16)20-8-15(19)17-11/h6-7,9,12H,3-5,8,16H2,1-2H3,(H,17,19). The molecule has 0 radical (unpaired) electrons. The molecule has 3 N–H and O–H groups in total. The number of hydrogen-bond donors (Lipinski definition) is 2. The van der Waals surface area contributed by atoms with E-state index in [1.54, 1.807) is 0 Å². The van der Waals surface area contributed by atoms with Crippen LogP contribution in [0.5, 0.6) is 5.75 Å². The molecule has 108 valence electrons. The molecule has 1 atom stereocenters. The molecule has 1 aromatic rings. The third kappa shape index (κ3) is 2.17. The normalized spacial score (nSPS) is 21.6. The first-order valence-electron chi connectivity index (χ1n) is 7.19. The summed E-state index contributed by atoms with van der Waals surface area (Å²) < 4.78 is 5.40. The predicted octanol–water partition coefficient (Wildman–Crippen LogP) is 2.22. The highest BCUT2D eigenvalue weighted by atomic mass is 16.5. The molecule has 20 heavy (non-hydrogen) atoms. The highest BCUT2D eigenvalue weighted by Crippen LogP contribution is 2.40. The van der Waals surface area contributed by atoms with E-state index in [9.17, 15) is 4.79 Å². The summed E-state index contributed by atoms with van der Waals surface area (Å²) >= 11 is 0. The van der Waals surface area contributed by atoms with Gasteiger partial charge in [0.15, 0.2) is 6.61 Å². The Morgan fingerprint density at radius 2 is 2.25 bits per heavy atom. The Morgan fingerprint density at radius 3 is 3.00 bits per heavy atom. The van der Waals surface area contributed by atoms with Crippen LogP contribution in [0.1, 0.15) is 26.7 Å². The van der Waals surface area contributed by atoms with Crippen molar-refractivity contribution in [1.29, 1.82) is 0 Å². The summed E-state index contributed by atoms with van der Waals surface area (Å²) in [4.78, 5) is 13.8.